The Hall–Kier alpha value is -2.67. The summed E-state index contributed by atoms with van der Waals surface area (Å²) < 4.78 is 39.1. The first kappa shape index (κ1) is 19.6. The molecule has 29 heavy (non-hydrogen) atoms. The lowest BCUT2D eigenvalue weighted by Gasteiger charge is -2.26. The summed E-state index contributed by atoms with van der Waals surface area (Å²) in [6.07, 6.45) is 0.156. The Labute approximate surface area is 167 Å². The Bertz CT molecular complexity index is 931. The Morgan fingerprint density at radius 2 is 1.66 bits per heavy atom. The Balaban J connectivity index is 1.66. The van der Waals surface area contributed by atoms with Gasteiger partial charge in [0.05, 0.1) is 23.6 Å². The molecule has 0 aliphatic carbocycles. The molecule has 0 bridgehead atoms. The topological polar surface area (TPSA) is 35.9 Å². The standard InChI is InChI=1S/C22H22F3N3O/c23-22(24,25)16-8-7-9-17(14-16)26-20-18-10-3-4-11-19(18)28(21(20)29)15-27-12-5-1-2-6-13-27/h3-4,7-11,14H,1-2,5-6,12-13,15H2. The molecule has 0 unspecified atom stereocenters. The van der Waals surface area contributed by atoms with Crippen LogP contribution >= 0.6 is 0 Å². The first-order valence-electron chi connectivity index (χ1n) is 9.83. The molecule has 2 aliphatic rings. The van der Waals surface area contributed by atoms with Crippen molar-refractivity contribution in [1.82, 2.24) is 4.90 Å². The van der Waals surface area contributed by atoms with Crippen LogP contribution in [0.1, 0.15) is 36.8 Å². The highest BCUT2D eigenvalue weighted by molar-refractivity contribution is 6.54. The molecule has 0 saturated carbocycles. The molecular formula is C22H22F3N3O. The van der Waals surface area contributed by atoms with Crippen LogP contribution in [0.2, 0.25) is 0 Å². The van der Waals surface area contributed by atoms with Crippen molar-refractivity contribution in [2.75, 3.05) is 24.7 Å². The first-order valence-corrected chi connectivity index (χ1v) is 9.83. The third-order valence-corrected chi connectivity index (χ3v) is 5.35. The number of anilines is 1. The summed E-state index contributed by atoms with van der Waals surface area (Å²) in [5, 5.41) is 0. The van der Waals surface area contributed by atoms with Crippen LogP contribution in [-0.4, -0.2) is 36.3 Å². The van der Waals surface area contributed by atoms with Crippen molar-refractivity contribution < 1.29 is 18.0 Å². The number of hydrogen-bond acceptors (Lipinski definition) is 3. The van der Waals surface area contributed by atoms with E-state index in [1.165, 1.54) is 25.0 Å². The molecule has 1 fully saturated rings. The monoisotopic (exact) mass is 401 g/mol. The van der Waals surface area contributed by atoms with E-state index in [1.54, 1.807) is 11.0 Å². The number of amides is 1. The molecule has 2 aromatic carbocycles. The maximum Gasteiger partial charge on any atom is 0.416 e. The maximum atomic E-state index is 13.2. The van der Waals surface area contributed by atoms with Gasteiger partial charge in [0.15, 0.2) is 0 Å². The van der Waals surface area contributed by atoms with Crippen LogP contribution < -0.4 is 4.90 Å². The van der Waals surface area contributed by atoms with E-state index in [-0.39, 0.29) is 17.3 Å². The molecule has 7 heteroatoms. The van der Waals surface area contributed by atoms with E-state index in [9.17, 15) is 18.0 Å². The minimum absolute atomic E-state index is 0.120. The number of alkyl halides is 3. The zero-order valence-electron chi connectivity index (χ0n) is 16.0. The number of carbonyl (C=O) groups excluding carboxylic acids is 1. The zero-order chi connectivity index (χ0) is 20.4. The minimum Gasteiger partial charge on any atom is -0.293 e. The molecular weight excluding hydrogens is 379 g/mol. The summed E-state index contributed by atoms with van der Waals surface area (Å²) in [7, 11) is 0. The normalized spacial score (nSPS) is 19.5. The number of fused-ring (bicyclic) bond motifs is 1. The van der Waals surface area contributed by atoms with Crippen LogP contribution in [0, 0.1) is 0 Å². The van der Waals surface area contributed by atoms with Gasteiger partial charge in [-0.3, -0.25) is 14.6 Å². The van der Waals surface area contributed by atoms with E-state index in [4.69, 9.17) is 0 Å². The van der Waals surface area contributed by atoms with Crippen molar-refractivity contribution in [3.8, 4) is 0 Å². The molecule has 0 radical (unpaired) electrons. The molecule has 4 rings (SSSR count). The fourth-order valence-electron chi connectivity index (χ4n) is 3.87. The number of carbonyl (C=O) groups is 1. The largest absolute Gasteiger partial charge is 0.416 e. The van der Waals surface area contributed by atoms with Gasteiger partial charge in [0.2, 0.25) is 0 Å². The Kier molecular flexibility index (Phi) is 5.41. The number of benzene rings is 2. The molecule has 4 nitrogen and oxygen atoms in total. The average Bonchev–Trinajstić information content (AvgIpc) is 2.86. The van der Waals surface area contributed by atoms with Crippen LogP contribution in [0.25, 0.3) is 0 Å². The van der Waals surface area contributed by atoms with Crippen LogP contribution in [0.5, 0.6) is 0 Å². The lowest BCUT2D eigenvalue weighted by atomic mass is 10.1. The van der Waals surface area contributed by atoms with Crippen molar-refractivity contribution in [3.63, 3.8) is 0 Å². The van der Waals surface area contributed by atoms with Crippen molar-refractivity contribution in [1.29, 1.82) is 0 Å². The van der Waals surface area contributed by atoms with Crippen LogP contribution in [0.3, 0.4) is 0 Å². The first-order chi connectivity index (χ1) is 13.9. The van der Waals surface area contributed by atoms with Crippen LogP contribution in [0.15, 0.2) is 53.5 Å². The molecule has 2 aliphatic heterocycles. The van der Waals surface area contributed by atoms with Gasteiger partial charge in [-0.05, 0) is 50.2 Å². The molecule has 0 aromatic heterocycles. The van der Waals surface area contributed by atoms with E-state index < -0.39 is 11.7 Å². The highest BCUT2D eigenvalue weighted by atomic mass is 19.4. The lowest BCUT2D eigenvalue weighted by molar-refractivity contribution is -0.137. The predicted molar refractivity (Wildman–Crippen MR) is 106 cm³/mol. The van der Waals surface area contributed by atoms with Gasteiger partial charge in [-0.25, -0.2) is 4.99 Å². The molecule has 2 aromatic rings. The highest BCUT2D eigenvalue weighted by Crippen LogP contribution is 2.34. The van der Waals surface area contributed by atoms with Gasteiger partial charge in [-0.1, -0.05) is 37.1 Å². The molecule has 152 valence electrons. The second kappa shape index (κ2) is 7.99. The SMILES string of the molecule is O=C1C(=Nc2cccc(C(F)(F)F)c2)c2ccccc2N1CN1CCCCCC1. The molecule has 0 spiro atoms. The molecule has 2 heterocycles. The van der Waals surface area contributed by atoms with Crippen molar-refractivity contribution >= 4 is 23.0 Å². The van der Waals surface area contributed by atoms with Crippen molar-refractivity contribution in [3.05, 3.63) is 59.7 Å². The summed E-state index contributed by atoms with van der Waals surface area (Å²) >= 11 is 0. The Morgan fingerprint density at radius 1 is 0.931 bits per heavy atom. The molecule has 1 saturated heterocycles. The van der Waals surface area contributed by atoms with Crippen molar-refractivity contribution in [2.45, 2.75) is 31.9 Å². The number of hydrogen-bond donors (Lipinski definition) is 0. The zero-order valence-corrected chi connectivity index (χ0v) is 16.0. The average molecular weight is 401 g/mol. The fraction of sp³-hybridized carbons (Fsp3) is 0.364. The third-order valence-electron chi connectivity index (χ3n) is 5.35. The molecule has 0 N–H and O–H groups in total. The van der Waals surface area contributed by atoms with Gasteiger partial charge < -0.3 is 0 Å². The number of nitrogens with zero attached hydrogens (tertiary/aromatic N) is 3. The van der Waals surface area contributed by atoms with E-state index in [2.05, 4.69) is 9.89 Å². The van der Waals surface area contributed by atoms with Gasteiger partial charge in [0, 0.05) is 5.56 Å². The van der Waals surface area contributed by atoms with E-state index in [0.717, 1.165) is 43.8 Å². The summed E-state index contributed by atoms with van der Waals surface area (Å²) in [6, 6.07) is 12.1. The third kappa shape index (κ3) is 4.19. The van der Waals surface area contributed by atoms with E-state index in [0.29, 0.717) is 12.2 Å². The number of halogens is 3. The van der Waals surface area contributed by atoms with Gasteiger partial charge in [-0.2, -0.15) is 13.2 Å². The number of aliphatic imine (C=N–C) groups is 1. The van der Waals surface area contributed by atoms with Gasteiger partial charge in [0.25, 0.3) is 5.91 Å². The maximum absolute atomic E-state index is 13.2. The molecule has 0 atom stereocenters. The van der Waals surface area contributed by atoms with Gasteiger partial charge >= 0.3 is 6.18 Å². The fourth-order valence-corrected chi connectivity index (χ4v) is 3.87. The van der Waals surface area contributed by atoms with E-state index >= 15 is 0 Å². The van der Waals surface area contributed by atoms with E-state index in [1.807, 2.05) is 18.2 Å². The summed E-state index contributed by atoms with van der Waals surface area (Å²) in [5.41, 5.74) is 0.945. The van der Waals surface area contributed by atoms with Crippen molar-refractivity contribution in [2.24, 2.45) is 4.99 Å². The number of likely N-dealkylation sites (tertiary alicyclic amines) is 1. The molecule has 1 amide bonds. The second-order valence-corrected chi connectivity index (χ2v) is 7.43. The van der Waals surface area contributed by atoms with Crippen LogP contribution in [0.4, 0.5) is 24.5 Å². The predicted octanol–water partition coefficient (Wildman–Crippen LogP) is 5.01. The summed E-state index contributed by atoms with van der Waals surface area (Å²) in [5.74, 6) is -0.271. The van der Waals surface area contributed by atoms with Crippen LogP contribution in [-0.2, 0) is 11.0 Å². The van der Waals surface area contributed by atoms with Gasteiger partial charge in [-0.15, -0.1) is 0 Å². The quantitative estimate of drug-likeness (QED) is 0.725. The Morgan fingerprint density at radius 3 is 2.38 bits per heavy atom. The number of rotatable bonds is 3. The summed E-state index contributed by atoms with van der Waals surface area (Å²) in [4.78, 5) is 21.4. The smallest absolute Gasteiger partial charge is 0.293 e. The number of para-hydroxylation sites is 1. The minimum atomic E-state index is -4.45. The second-order valence-electron chi connectivity index (χ2n) is 7.43. The summed E-state index contributed by atoms with van der Waals surface area (Å²) in [6.45, 7) is 2.34. The highest BCUT2D eigenvalue weighted by Gasteiger charge is 2.35. The van der Waals surface area contributed by atoms with Gasteiger partial charge in [0.1, 0.15) is 5.71 Å². The lowest BCUT2D eigenvalue weighted by Crippen LogP contribution is -2.41.